The van der Waals surface area contributed by atoms with Gasteiger partial charge in [0.05, 0.1) is 24.6 Å². The molecule has 174 valence electrons. The first kappa shape index (κ1) is 21.5. The number of para-hydroxylation sites is 1. The van der Waals surface area contributed by atoms with E-state index in [2.05, 4.69) is 50.5 Å². The van der Waals surface area contributed by atoms with Crippen molar-refractivity contribution in [3.05, 3.63) is 99.9 Å². The van der Waals surface area contributed by atoms with Crippen molar-refractivity contribution in [2.24, 2.45) is 10.2 Å². The number of ether oxygens (including phenoxy) is 1. The lowest BCUT2D eigenvalue weighted by atomic mass is 10.1. The maximum atomic E-state index is 10.4. The van der Waals surface area contributed by atoms with Gasteiger partial charge in [0.15, 0.2) is 5.88 Å². The standard InChI is InChI=1S/C29H26N4O2/c34-29-25(23-3-1-2-4-26(23)30-29)17-22-9-11-24-27(31-32-28(24)18-22)12-10-20-5-7-21(8-6-20)19-33-13-15-35-16-14-33/h1-12,17-18,30,34H,13-16,19H2/b12-10+,22-17+. The van der Waals surface area contributed by atoms with Crippen molar-refractivity contribution >= 4 is 34.4 Å². The van der Waals surface area contributed by atoms with Crippen LogP contribution in [-0.4, -0.2) is 41.3 Å². The molecule has 0 atom stereocenters. The second kappa shape index (κ2) is 9.33. The summed E-state index contributed by atoms with van der Waals surface area (Å²) in [6, 6.07) is 22.6. The molecular weight excluding hydrogens is 436 g/mol. The number of fused-ring (bicyclic) bond motifs is 2. The number of hydrogen-bond donors (Lipinski definition) is 2. The lowest BCUT2D eigenvalue weighted by Crippen LogP contribution is -2.35. The van der Waals surface area contributed by atoms with E-state index in [1.807, 2.05) is 54.6 Å². The Morgan fingerprint density at radius 2 is 1.77 bits per heavy atom. The third-order valence-electron chi connectivity index (χ3n) is 6.52. The molecule has 0 spiro atoms. The zero-order valence-electron chi connectivity index (χ0n) is 19.3. The number of aromatic hydroxyl groups is 1. The van der Waals surface area contributed by atoms with Crippen LogP contribution >= 0.6 is 0 Å². The molecule has 6 rings (SSSR count). The van der Waals surface area contributed by atoms with Crippen molar-refractivity contribution in [3.63, 3.8) is 0 Å². The van der Waals surface area contributed by atoms with Gasteiger partial charge in [0.2, 0.25) is 0 Å². The van der Waals surface area contributed by atoms with Gasteiger partial charge in [-0.25, -0.2) is 0 Å². The summed E-state index contributed by atoms with van der Waals surface area (Å²) in [6.07, 6.45) is 6.06. The van der Waals surface area contributed by atoms with Crippen molar-refractivity contribution in [2.45, 2.75) is 6.54 Å². The molecule has 35 heavy (non-hydrogen) atoms. The van der Waals surface area contributed by atoms with Crippen LogP contribution in [0.5, 0.6) is 5.88 Å². The maximum Gasteiger partial charge on any atom is 0.196 e. The number of rotatable bonds is 5. The van der Waals surface area contributed by atoms with Crippen molar-refractivity contribution in [3.8, 4) is 5.88 Å². The SMILES string of the molecule is Oc1[nH]c2ccccc2c1/C=c1\ccc2c(c1)N=NC=2/C=C/c1ccc(CN2CCOCC2)cc1. The minimum Gasteiger partial charge on any atom is -0.494 e. The largest absolute Gasteiger partial charge is 0.494 e. The Hall–Kier alpha value is -4.00. The van der Waals surface area contributed by atoms with Crippen LogP contribution in [0.4, 0.5) is 5.69 Å². The minimum atomic E-state index is 0.166. The highest BCUT2D eigenvalue weighted by Crippen LogP contribution is 2.27. The van der Waals surface area contributed by atoms with Gasteiger partial charge in [0, 0.05) is 41.3 Å². The van der Waals surface area contributed by atoms with Crippen LogP contribution in [0.3, 0.4) is 0 Å². The lowest BCUT2D eigenvalue weighted by molar-refractivity contribution is 0.0342. The van der Waals surface area contributed by atoms with Gasteiger partial charge in [0.1, 0.15) is 0 Å². The third kappa shape index (κ3) is 4.54. The van der Waals surface area contributed by atoms with Crippen LogP contribution in [0.1, 0.15) is 16.7 Å². The van der Waals surface area contributed by atoms with Crippen LogP contribution in [0.15, 0.2) is 83.0 Å². The molecule has 2 aliphatic rings. The summed E-state index contributed by atoms with van der Waals surface area (Å²) < 4.78 is 5.43. The molecule has 1 aromatic heterocycles. The Kier molecular flexibility index (Phi) is 5.74. The van der Waals surface area contributed by atoms with Crippen molar-refractivity contribution in [2.75, 3.05) is 26.3 Å². The van der Waals surface area contributed by atoms with E-state index in [1.165, 1.54) is 5.56 Å². The molecule has 0 saturated carbocycles. The highest BCUT2D eigenvalue weighted by molar-refractivity contribution is 5.91. The van der Waals surface area contributed by atoms with Gasteiger partial charge in [-0.3, -0.25) is 4.90 Å². The van der Waals surface area contributed by atoms with Crippen molar-refractivity contribution < 1.29 is 9.84 Å². The lowest BCUT2D eigenvalue weighted by Gasteiger charge is -2.26. The molecule has 3 aromatic carbocycles. The molecule has 3 heterocycles. The quantitative estimate of drug-likeness (QED) is 0.460. The molecule has 6 heteroatoms. The molecule has 4 aromatic rings. The van der Waals surface area contributed by atoms with Crippen molar-refractivity contribution in [1.29, 1.82) is 0 Å². The van der Waals surface area contributed by atoms with Gasteiger partial charge in [-0.1, -0.05) is 54.6 Å². The van der Waals surface area contributed by atoms with Crippen LogP contribution in [0.2, 0.25) is 0 Å². The second-order valence-corrected chi connectivity index (χ2v) is 8.90. The molecule has 0 aliphatic carbocycles. The molecule has 0 radical (unpaired) electrons. The topological polar surface area (TPSA) is 73.2 Å². The molecule has 1 fully saturated rings. The average molecular weight is 463 g/mol. The Labute approximate surface area is 203 Å². The Balaban J connectivity index is 1.22. The number of nitrogens with zero attached hydrogens (tertiary/aromatic N) is 3. The van der Waals surface area contributed by atoms with E-state index < -0.39 is 0 Å². The average Bonchev–Trinajstić information content (AvgIpc) is 3.44. The molecule has 1 saturated heterocycles. The summed E-state index contributed by atoms with van der Waals surface area (Å²) in [7, 11) is 0. The fourth-order valence-corrected chi connectivity index (χ4v) is 4.61. The number of nitrogens with one attached hydrogen (secondary N) is 1. The minimum absolute atomic E-state index is 0.166. The zero-order valence-corrected chi connectivity index (χ0v) is 19.3. The van der Waals surface area contributed by atoms with E-state index in [4.69, 9.17) is 4.74 Å². The predicted octanol–water partition coefficient (Wildman–Crippen LogP) is 4.45. The highest BCUT2D eigenvalue weighted by atomic mass is 16.5. The Morgan fingerprint density at radius 3 is 2.63 bits per heavy atom. The van der Waals surface area contributed by atoms with Gasteiger partial charge in [0.25, 0.3) is 0 Å². The predicted molar refractivity (Wildman–Crippen MR) is 139 cm³/mol. The van der Waals surface area contributed by atoms with Crippen molar-refractivity contribution in [1.82, 2.24) is 9.88 Å². The molecule has 2 aliphatic heterocycles. The summed E-state index contributed by atoms with van der Waals surface area (Å²) in [5.74, 6) is 0.166. The summed E-state index contributed by atoms with van der Waals surface area (Å²) in [4.78, 5) is 5.45. The van der Waals surface area contributed by atoms with Crippen LogP contribution in [0.25, 0.3) is 28.8 Å². The first-order chi connectivity index (χ1) is 17.2. The molecule has 0 bridgehead atoms. The summed E-state index contributed by atoms with van der Waals surface area (Å²) >= 11 is 0. The summed E-state index contributed by atoms with van der Waals surface area (Å²) in [6.45, 7) is 4.59. The summed E-state index contributed by atoms with van der Waals surface area (Å²) in [5.41, 5.74) is 5.81. The normalized spacial score (nSPS) is 16.6. The van der Waals surface area contributed by atoms with Gasteiger partial charge in [-0.05, 0) is 46.7 Å². The molecule has 6 nitrogen and oxygen atoms in total. The van der Waals surface area contributed by atoms with E-state index >= 15 is 0 Å². The smallest absolute Gasteiger partial charge is 0.196 e. The van der Waals surface area contributed by atoms with E-state index in [9.17, 15) is 5.11 Å². The number of aromatic amines is 1. The fourth-order valence-electron chi connectivity index (χ4n) is 4.61. The Morgan fingerprint density at radius 1 is 0.943 bits per heavy atom. The van der Waals surface area contributed by atoms with Gasteiger partial charge in [-0.2, -0.15) is 0 Å². The van der Waals surface area contributed by atoms with Gasteiger partial charge < -0.3 is 14.8 Å². The first-order valence-corrected chi connectivity index (χ1v) is 11.9. The number of morpholine rings is 1. The van der Waals surface area contributed by atoms with E-state index in [1.54, 1.807) is 0 Å². The zero-order chi connectivity index (χ0) is 23.6. The second-order valence-electron chi connectivity index (χ2n) is 8.90. The number of H-pyrrole nitrogens is 1. The number of azo groups is 1. The van der Waals surface area contributed by atoms with Crippen LogP contribution in [-0.2, 0) is 11.3 Å². The number of aromatic nitrogens is 1. The third-order valence-corrected chi connectivity index (χ3v) is 6.52. The maximum absolute atomic E-state index is 10.4. The monoisotopic (exact) mass is 462 g/mol. The Bertz CT molecular complexity index is 1560. The molecular formula is C29H26N4O2. The van der Waals surface area contributed by atoms with E-state index in [0.29, 0.717) is 0 Å². The van der Waals surface area contributed by atoms with Gasteiger partial charge in [-0.15, -0.1) is 10.2 Å². The van der Waals surface area contributed by atoms with E-state index in [0.717, 1.165) is 76.7 Å². The molecule has 2 N–H and O–H groups in total. The number of hydrogen-bond acceptors (Lipinski definition) is 5. The molecule has 0 unspecified atom stereocenters. The summed E-state index contributed by atoms with van der Waals surface area (Å²) in [5, 5.41) is 22.1. The van der Waals surface area contributed by atoms with E-state index in [-0.39, 0.29) is 5.88 Å². The molecule has 0 amide bonds. The fraction of sp³-hybridized carbons (Fsp3) is 0.172. The van der Waals surface area contributed by atoms with Crippen LogP contribution in [0, 0.1) is 0 Å². The highest BCUT2D eigenvalue weighted by Gasteiger charge is 2.11. The van der Waals surface area contributed by atoms with Gasteiger partial charge >= 0.3 is 0 Å². The first-order valence-electron chi connectivity index (χ1n) is 11.9. The van der Waals surface area contributed by atoms with Crippen LogP contribution < -0.4 is 10.4 Å². The number of benzene rings is 3.